The fraction of sp³-hybridized carbons (Fsp3) is 0.455. The lowest BCUT2D eigenvalue weighted by molar-refractivity contribution is 0.0380. The maximum atomic E-state index is 11.9. The van der Waals surface area contributed by atoms with E-state index in [1.165, 1.54) is 18.2 Å². The van der Waals surface area contributed by atoms with E-state index in [1.807, 2.05) is 0 Å². The second kappa shape index (κ2) is 6.54. The van der Waals surface area contributed by atoms with Gasteiger partial charge in [0.05, 0.1) is 18.3 Å². The zero-order chi connectivity index (χ0) is 12.8. The molecule has 1 amide bonds. The van der Waals surface area contributed by atoms with Gasteiger partial charge in [0.1, 0.15) is 5.15 Å². The number of amides is 1. The molecule has 0 saturated heterocycles. The van der Waals surface area contributed by atoms with E-state index < -0.39 is 6.10 Å². The molecule has 0 aliphatic heterocycles. The van der Waals surface area contributed by atoms with Gasteiger partial charge in [0, 0.05) is 26.9 Å². The van der Waals surface area contributed by atoms with E-state index in [0.29, 0.717) is 10.7 Å². The summed E-state index contributed by atoms with van der Waals surface area (Å²) < 4.78 is 4.79. The smallest absolute Gasteiger partial charge is 0.255 e. The van der Waals surface area contributed by atoms with Gasteiger partial charge < -0.3 is 14.7 Å². The van der Waals surface area contributed by atoms with Gasteiger partial charge >= 0.3 is 0 Å². The van der Waals surface area contributed by atoms with Crippen molar-refractivity contribution < 1.29 is 14.6 Å². The molecule has 0 fully saturated rings. The number of likely N-dealkylation sites (N-methyl/N-ethyl adjacent to an activating group) is 1. The molecule has 0 aromatic carbocycles. The number of aliphatic hydroxyl groups excluding tert-OH is 1. The lowest BCUT2D eigenvalue weighted by Gasteiger charge is -2.20. The van der Waals surface area contributed by atoms with E-state index in [2.05, 4.69) is 4.98 Å². The van der Waals surface area contributed by atoms with Crippen LogP contribution in [0.4, 0.5) is 0 Å². The first-order valence-electron chi connectivity index (χ1n) is 5.08. The molecule has 6 heteroatoms. The van der Waals surface area contributed by atoms with Crippen LogP contribution in [0.3, 0.4) is 0 Å². The summed E-state index contributed by atoms with van der Waals surface area (Å²) in [6, 6.07) is 3.14. The van der Waals surface area contributed by atoms with Crippen LogP contribution in [0.2, 0.25) is 5.15 Å². The first kappa shape index (κ1) is 13.9. The number of methoxy groups -OCH3 is 1. The molecule has 0 aliphatic carbocycles. The van der Waals surface area contributed by atoms with Crippen molar-refractivity contribution in [3.63, 3.8) is 0 Å². The first-order chi connectivity index (χ1) is 8.04. The molecule has 17 heavy (non-hydrogen) atoms. The van der Waals surface area contributed by atoms with Crippen LogP contribution < -0.4 is 0 Å². The van der Waals surface area contributed by atoms with Crippen molar-refractivity contribution in [1.82, 2.24) is 9.88 Å². The summed E-state index contributed by atoms with van der Waals surface area (Å²) in [5.74, 6) is -0.218. The van der Waals surface area contributed by atoms with Crippen molar-refractivity contribution in [2.45, 2.75) is 6.10 Å². The minimum absolute atomic E-state index is 0.191. The molecule has 94 valence electrons. The third kappa shape index (κ3) is 4.30. The number of halogens is 1. The van der Waals surface area contributed by atoms with Crippen molar-refractivity contribution in [3.8, 4) is 0 Å². The van der Waals surface area contributed by atoms with Crippen LogP contribution in [0.1, 0.15) is 10.4 Å². The van der Waals surface area contributed by atoms with E-state index in [0.717, 1.165) is 0 Å². The lowest BCUT2D eigenvalue weighted by Crippen LogP contribution is -2.36. The summed E-state index contributed by atoms with van der Waals surface area (Å²) in [7, 11) is 3.10. The van der Waals surface area contributed by atoms with Gasteiger partial charge in [-0.2, -0.15) is 0 Å². The number of aliphatic hydroxyl groups is 1. The summed E-state index contributed by atoms with van der Waals surface area (Å²) >= 11 is 5.63. The molecular formula is C11H15ClN2O3. The van der Waals surface area contributed by atoms with E-state index in [9.17, 15) is 9.90 Å². The Labute approximate surface area is 105 Å². The Balaban J connectivity index is 2.60. The number of pyridine rings is 1. The zero-order valence-electron chi connectivity index (χ0n) is 9.76. The number of ether oxygens (including phenoxy) is 1. The summed E-state index contributed by atoms with van der Waals surface area (Å²) in [5, 5.41) is 9.84. The van der Waals surface area contributed by atoms with Crippen LogP contribution in [0.25, 0.3) is 0 Å². The minimum Gasteiger partial charge on any atom is -0.389 e. The molecule has 1 aromatic rings. The summed E-state index contributed by atoms with van der Waals surface area (Å²) in [5.41, 5.74) is 0.432. The van der Waals surface area contributed by atoms with Gasteiger partial charge in [-0.1, -0.05) is 11.6 Å². The van der Waals surface area contributed by atoms with Crippen molar-refractivity contribution in [3.05, 3.63) is 29.0 Å². The van der Waals surface area contributed by atoms with Crippen LogP contribution in [0.5, 0.6) is 0 Å². The monoisotopic (exact) mass is 258 g/mol. The number of hydrogen-bond donors (Lipinski definition) is 1. The molecule has 1 heterocycles. The Morgan fingerprint density at radius 3 is 2.88 bits per heavy atom. The van der Waals surface area contributed by atoms with Crippen LogP contribution in [0, 0.1) is 0 Å². The van der Waals surface area contributed by atoms with Crippen molar-refractivity contribution in [1.29, 1.82) is 0 Å². The van der Waals surface area contributed by atoms with Gasteiger partial charge in [0.2, 0.25) is 0 Å². The average Bonchev–Trinajstić information content (AvgIpc) is 2.29. The first-order valence-corrected chi connectivity index (χ1v) is 5.46. The number of rotatable bonds is 5. The fourth-order valence-corrected chi connectivity index (χ4v) is 1.48. The van der Waals surface area contributed by atoms with Crippen molar-refractivity contribution in [2.75, 3.05) is 27.3 Å². The zero-order valence-corrected chi connectivity index (χ0v) is 10.5. The highest BCUT2D eigenvalue weighted by atomic mass is 35.5. The molecule has 1 atom stereocenters. The van der Waals surface area contributed by atoms with Crippen LogP contribution >= 0.6 is 11.6 Å². The molecular weight excluding hydrogens is 244 g/mol. The third-order valence-electron chi connectivity index (χ3n) is 2.16. The number of nitrogens with zero attached hydrogens (tertiary/aromatic N) is 2. The van der Waals surface area contributed by atoms with Gasteiger partial charge in [-0.05, 0) is 12.1 Å². The maximum Gasteiger partial charge on any atom is 0.255 e. The Kier molecular flexibility index (Phi) is 5.34. The third-order valence-corrected chi connectivity index (χ3v) is 2.39. The number of hydrogen-bond acceptors (Lipinski definition) is 4. The average molecular weight is 259 g/mol. The largest absolute Gasteiger partial charge is 0.389 e. The highest BCUT2D eigenvalue weighted by Gasteiger charge is 2.15. The Morgan fingerprint density at radius 2 is 2.35 bits per heavy atom. The predicted octanol–water partition coefficient (Wildman–Crippen LogP) is 0.814. The van der Waals surface area contributed by atoms with E-state index in [4.69, 9.17) is 16.3 Å². The maximum absolute atomic E-state index is 11.9. The Bertz CT molecular complexity index is 369. The molecule has 0 saturated carbocycles. The Hall–Kier alpha value is -1.17. The minimum atomic E-state index is -0.700. The quantitative estimate of drug-likeness (QED) is 0.794. The standard InChI is InChI=1S/C11H15ClN2O3/c1-14(6-9(15)7-17-2)11(16)8-3-4-10(12)13-5-8/h3-5,9,15H,6-7H2,1-2H3. The summed E-state index contributed by atoms with van der Waals surface area (Å²) in [4.78, 5) is 17.1. The highest BCUT2D eigenvalue weighted by molar-refractivity contribution is 6.29. The van der Waals surface area contributed by atoms with Gasteiger partial charge in [-0.25, -0.2) is 4.98 Å². The van der Waals surface area contributed by atoms with Gasteiger partial charge in [0.15, 0.2) is 0 Å². The highest BCUT2D eigenvalue weighted by Crippen LogP contribution is 2.07. The molecule has 0 bridgehead atoms. The number of carbonyl (C=O) groups is 1. The molecule has 0 radical (unpaired) electrons. The normalized spacial score (nSPS) is 12.2. The molecule has 1 N–H and O–H groups in total. The summed E-state index contributed by atoms with van der Waals surface area (Å²) in [6.07, 6.45) is 0.707. The molecule has 1 aromatic heterocycles. The van der Waals surface area contributed by atoms with Crippen LogP contribution in [0.15, 0.2) is 18.3 Å². The second-order valence-corrected chi connectivity index (χ2v) is 4.05. The molecule has 1 rings (SSSR count). The predicted molar refractivity (Wildman–Crippen MR) is 64.1 cm³/mol. The summed E-state index contributed by atoms with van der Waals surface area (Å²) in [6.45, 7) is 0.395. The van der Waals surface area contributed by atoms with Gasteiger partial charge in [0.25, 0.3) is 5.91 Å². The lowest BCUT2D eigenvalue weighted by atomic mass is 10.2. The number of carbonyl (C=O) groups excluding carboxylic acids is 1. The van der Waals surface area contributed by atoms with Crippen LogP contribution in [-0.2, 0) is 4.74 Å². The van der Waals surface area contributed by atoms with E-state index >= 15 is 0 Å². The van der Waals surface area contributed by atoms with Crippen LogP contribution in [-0.4, -0.2) is 54.3 Å². The second-order valence-electron chi connectivity index (χ2n) is 3.66. The molecule has 0 aliphatic rings. The van der Waals surface area contributed by atoms with Crippen molar-refractivity contribution in [2.24, 2.45) is 0 Å². The number of aromatic nitrogens is 1. The molecule has 1 unspecified atom stereocenters. The molecule has 5 nitrogen and oxygen atoms in total. The molecule has 0 spiro atoms. The SMILES string of the molecule is COCC(O)CN(C)C(=O)c1ccc(Cl)nc1. The van der Waals surface area contributed by atoms with Gasteiger partial charge in [-0.3, -0.25) is 4.79 Å². The van der Waals surface area contributed by atoms with E-state index in [-0.39, 0.29) is 19.1 Å². The van der Waals surface area contributed by atoms with E-state index in [1.54, 1.807) is 19.2 Å². The van der Waals surface area contributed by atoms with Gasteiger partial charge in [-0.15, -0.1) is 0 Å². The fourth-order valence-electron chi connectivity index (χ4n) is 1.37. The topological polar surface area (TPSA) is 62.7 Å². The Morgan fingerprint density at radius 1 is 1.65 bits per heavy atom. The van der Waals surface area contributed by atoms with Crippen molar-refractivity contribution >= 4 is 17.5 Å².